The number of thioether (sulfide) groups is 1. The molecule has 1 saturated heterocycles. The molecule has 1 heterocycles. The number of aryl methyl sites for hydroxylation is 1. The van der Waals surface area contributed by atoms with Gasteiger partial charge in [-0.15, -0.1) is 24.2 Å². The fraction of sp³-hybridized carbons (Fsp3) is 0.632. The Morgan fingerprint density at radius 1 is 1.20 bits per heavy atom. The summed E-state index contributed by atoms with van der Waals surface area (Å²) < 4.78 is 0. The molecule has 0 unspecified atom stereocenters. The summed E-state index contributed by atoms with van der Waals surface area (Å²) in [5.74, 6) is 1.90. The molecule has 0 atom stereocenters. The van der Waals surface area contributed by atoms with Crippen molar-refractivity contribution in [1.82, 2.24) is 15.5 Å². The summed E-state index contributed by atoms with van der Waals surface area (Å²) in [6, 6.07) is 8.53. The molecule has 0 saturated carbocycles. The summed E-state index contributed by atoms with van der Waals surface area (Å²) in [6.45, 7) is 6.59. The Hall–Kier alpha value is -0.750. The normalized spacial score (nSPS) is 15.6. The van der Waals surface area contributed by atoms with Crippen LogP contribution in [0, 0.1) is 12.8 Å². The molecule has 25 heavy (non-hydrogen) atoms. The topological polar surface area (TPSA) is 44.4 Å². The van der Waals surface area contributed by atoms with E-state index in [-0.39, 0.29) is 18.3 Å². The fourth-order valence-electron chi connectivity index (χ4n) is 3.03. The van der Waals surface area contributed by atoms with E-state index in [1.54, 1.807) is 11.8 Å². The van der Waals surface area contributed by atoms with Gasteiger partial charge in [0.05, 0.1) is 6.54 Å². The second-order valence-corrected chi connectivity index (χ2v) is 7.79. The number of hydrogen-bond donors (Lipinski definition) is 2. The van der Waals surface area contributed by atoms with Crippen LogP contribution in [0.2, 0.25) is 0 Å². The van der Waals surface area contributed by atoms with Gasteiger partial charge in [0.1, 0.15) is 0 Å². The van der Waals surface area contributed by atoms with Crippen molar-refractivity contribution in [2.45, 2.75) is 31.1 Å². The average Bonchev–Trinajstić information content (AvgIpc) is 2.60. The largest absolute Gasteiger partial charge is 0.354 e. The molecule has 0 radical (unpaired) electrons. The lowest BCUT2D eigenvalue weighted by atomic mass is 9.93. The van der Waals surface area contributed by atoms with E-state index in [0.717, 1.165) is 37.8 Å². The monoisotopic (exact) mass is 385 g/mol. The van der Waals surface area contributed by atoms with Gasteiger partial charge >= 0.3 is 0 Å². The predicted octanol–water partition coefficient (Wildman–Crippen LogP) is 2.95. The fourth-order valence-corrected chi connectivity index (χ4v) is 3.80. The van der Waals surface area contributed by atoms with Crippen molar-refractivity contribution in [3.8, 4) is 0 Å². The Labute approximate surface area is 162 Å². The lowest BCUT2D eigenvalue weighted by Crippen LogP contribution is -2.42. The minimum absolute atomic E-state index is 0. The van der Waals surface area contributed by atoms with Gasteiger partial charge in [0.15, 0.2) is 0 Å². The van der Waals surface area contributed by atoms with E-state index in [1.807, 2.05) is 7.05 Å². The second-order valence-electron chi connectivity index (χ2n) is 6.62. The molecule has 0 aromatic heterocycles. The van der Waals surface area contributed by atoms with Crippen LogP contribution in [-0.2, 0) is 4.79 Å². The van der Waals surface area contributed by atoms with Crippen molar-refractivity contribution in [2.75, 3.05) is 45.5 Å². The summed E-state index contributed by atoms with van der Waals surface area (Å²) in [5.41, 5.74) is 1.28. The lowest BCUT2D eigenvalue weighted by Gasteiger charge is -2.31. The first kappa shape index (κ1) is 22.3. The van der Waals surface area contributed by atoms with E-state index in [4.69, 9.17) is 0 Å². The Morgan fingerprint density at radius 3 is 2.52 bits per heavy atom. The van der Waals surface area contributed by atoms with Crippen LogP contribution in [0.5, 0.6) is 0 Å². The molecule has 1 aromatic carbocycles. The van der Waals surface area contributed by atoms with Gasteiger partial charge in [-0.25, -0.2) is 0 Å². The molecule has 1 aliphatic heterocycles. The molecule has 2 rings (SSSR count). The van der Waals surface area contributed by atoms with Crippen molar-refractivity contribution in [2.24, 2.45) is 5.92 Å². The van der Waals surface area contributed by atoms with E-state index >= 15 is 0 Å². The zero-order valence-corrected chi connectivity index (χ0v) is 17.1. The van der Waals surface area contributed by atoms with Crippen LogP contribution in [0.15, 0.2) is 29.2 Å². The molecule has 2 N–H and O–H groups in total. The molecule has 0 aliphatic carbocycles. The van der Waals surface area contributed by atoms with E-state index in [1.165, 1.54) is 29.7 Å². The number of nitrogens with zero attached hydrogens (tertiary/aromatic N) is 1. The summed E-state index contributed by atoms with van der Waals surface area (Å²) in [4.78, 5) is 15.6. The molecular formula is C19H32ClN3OS. The minimum atomic E-state index is 0. The highest BCUT2D eigenvalue weighted by Gasteiger charge is 2.20. The molecular weight excluding hydrogens is 354 g/mol. The number of benzene rings is 1. The highest BCUT2D eigenvalue weighted by molar-refractivity contribution is 7.99. The number of hydrogen-bond acceptors (Lipinski definition) is 4. The summed E-state index contributed by atoms with van der Waals surface area (Å²) in [6.07, 6.45) is 3.70. The van der Waals surface area contributed by atoms with Gasteiger partial charge in [-0.2, -0.15) is 0 Å². The third-order valence-electron chi connectivity index (χ3n) is 4.59. The van der Waals surface area contributed by atoms with Crippen LogP contribution in [0.25, 0.3) is 0 Å². The minimum Gasteiger partial charge on any atom is -0.354 e. The molecule has 4 nitrogen and oxygen atoms in total. The first-order chi connectivity index (χ1) is 11.7. The summed E-state index contributed by atoms with van der Waals surface area (Å²) in [7, 11) is 2.01. The summed E-state index contributed by atoms with van der Waals surface area (Å²) in [5, 5.41) is 6.27. The van der Waals surface area contributed by atoms with E-state index in [2.05, 4.69) is 46.7 Å². The number of carbonyl (C=O) groups is 1. The van der Waals surface area contributed by atoms with Crippen molar-refractivity contribution in [3.05, 3.63) is 29.8 Å². The number of rotatable bonds is 9. The third-order valence-corrected chi connectivity index (χ3v) is 5.60. The number of carbonyl (C=O) groups excluding carboxylic acids is 1. The average molecular weight is 386 g/mol. The maximum atomic E-state index is 12.0. The number of halogens is 1. The van der Waals surface area contributed by atoms with E-state index in [0.29, 0.717) is 6.54 Å². The van der Waals surface area contributed by atoms with Crippen LogP contribution < -0.4 is 10.6 Å². The van der Waals surface area contributed by atoms with Crippen molar-refractivity contribution < 1.29 is 4.79 Å². The molecule has 6 heteroatoms. The van der Waals surface area contributed by atoms with Crippen molar-refractivity contribution >= 4 is 30.1 Å². The molecule has 142 valence electrons. The Bertz CT molecular complexity index is 490. The SMILES string of the molecule is CNCCC1CCN(CC(=O)NCCSc2ccc(C)cc2)CC1.Cl. The maximum absolute atomic E-state index is 12.0. The molecule has 1 fully saturated rings. The van der Waals surface area contributed by atoms with Crippen LogP contribution >= 0.6 is 24.2 Å². The Balaban J connectivity index is 0.00000312. The van der Waals surface area contributed by atoms with Crippen molar-refractivity contribution in [3.63, 3.8) is 0 Å². The standard InChI is InChI=1S/C19H31N3OS.ClH/c1-16-3-5-18(6-4-16)24-14-11-21-19(23)15-22-12-8-17(9-13-22)7-10-20-2;/h3-6,17,20H,7-15H2,1-2H3,(H,21,23);1H. The third kappa shape index (κ3) is 8.95. The Kier molecular flexibility index (Phi) is 11.2. The number of nitrogens with one attached hydrogen (secondary N) is 2. The van der Waals surface area contributed by atoms with E-state index in [9.17, 15) is 4.79 Å². The van der Waals surface area contributed by atoms with Gasteiger partial charge in [-0.1, -0.05) is 17.7 Å². The van der Waals surface area contributed by atoms with Gasteiger partial charge in [0, 0.05) is 17.2 Å². The summed E-state index contributed by atoms with van der Waals surface area (Å²) >= 11 is 1.79. The van der Waals surface area contributed by atoms with Gasteiger partial charge in [-0.3, -0.25) is 9.69 Å². The van der Waals surface area contributed by atoms with E-state index < -0.39 is 0 Å². The maximum Gasteiger partial charge on any atom is 0.234 e. The Morgan fingerprint density at radius 2 is 1.88 bits per heavy atom. The van der Waals surface area contributed by atoms with Gasteiger partial charge in [0.25, 0.3) is 0 Å². The number of amides is 1. The highest BCUT2D eigenvalue weighted by atomic mass is 35.5. The van der Waals surface area contributed by atoms with Crippen LogP contribution in [0.3, 0.4) is 0 Å². The molecule has 0 bridgehead atoms. The van der Waals surface area contributed by atoms with Crippen LogP contribution in [-0.4, -0.2) is 56.3 Å². The second kappa shape index (κ2) is 12.6. The quantitative estimate of drug-likeness (QED) is 0.506. The highest BCUT2D eigenvalue weighted by Crippen LogP contribution is 2.20. The lowest BCUT2D eigenvalue weighted by molar-refractivity contribution is -0.122. The zero-order valence-electron chi connectivity index (χ0n) is 15.4. The van der Waals surface area contributed by atoms with Crippen molar-refractivity contribution in [1.29, 1.82) is 0 Å². The first-order valence-electron chi connectivity index (χ1n) is 9.00. The first-order valence-corrected chi connectivity index (χ1v) is 9.99. The van der Waals surface area contributed by atoms with Gasteiger partial charge in [0.2, 0.25) is 5.91 Å². The van der Waals surface area contributed by atoms with Crippen LogP contribution in [0.4, 0.5) is 0 Å². The molecule has 1 aliphatic rings. The number of likely N-dealkylation sites (tertiary alicyclic amines) is 1. The zero-order chi connectivity index (χ0) is 17.2. The molecule has 1 aromatic rings. The van der Waals surface area contributed by atoms with Crippen LogP contribution in [0.1, 0.15) is 24.8 Å². The molecule has 1 amide bonds. The predicted molar refractivity (Wildman–Crippen MR) is 110 cm³/mol. The van der Waals surface area contributed by atoms with Gasteiger partial charge < -0.3 is 10.6 Å². The smallest absolute Gasteiger partial charge is 0.234 e. The molecule has 0 spiro atoms. The van der Waals surface area contributed by atoms with Gasteiger partial charge in [-0.05, 0) is 70.9 Å². The number of piperidine rings is 1.